The van der Waals surface area contributed by atoms with E-state index in [0.29, 0.717) is 105 Å². The molecule has 0 unspecified atom stereocenters. The molecule has 1 amide bonds. The van der Waals surface area contributed by atoms with Crippen molar-refractivity contribution in [2.24, 2.45) is 9.98 Å². The molecule has 6 aromatic rings. The Kier molecular flexibility index (Phi) is 19.8. The Hall–Kier alpha value is -8.36. The van der Waals surface area contributed by atoms with Gasteiger partial charge in [-0.3, -0.25) is 24.5 Å². The number of benzene rings is 2. The van der Waals surface area contributed by atoms with Gasteiger partial charge in [-0.1, -0.05) is 24.3 Å². The molecule has 10 N–H and O–H groups in total. The van der Waals surface area contributed by atoms with E-state index in [4.69, 9.17) is 55.9 Å². The number of carboxylic acids is 1. The van der Waals surface area contributed by atoms with Gasteiger partial charge in [0.1, 0.15) is 11.6 Å². The molecule has 2 aliphatic heterocycles. The number of fused-ring (bicyclic) bond motifs is 2. The maximum atomic E-state index is 14.4. The lowest BCUT2D eigenvalue weighted by Crippen LogP contribution is -2.37. The number of hydrogen-bond donors (Lipinski definition) is 8. The van der Waals surface area contributed by atoms with Crippen LogP contribution in [0.3, 0.4) is 0 Å². The van der Waals surface area contributed by atoms with Crippen LogP contribution in [0.15, 0.2) is 82.8 Å². The Morgan fingerprint density at radius 2 is 1.16 bits per heavy atom. The molecule has 0 saturated carbocycles. The van der Waals surface area contributed by atoms with Gasteiger partial charge in [-0.05, 0) is 68.4 Å². The standard InChI is InChI=1S/C25H28FN7O4.C22H21FN6O4.C3H9NO/c1-14-23-20(31-25(27)28-14)12-19(30-24(23)32-37-13-22(35)33(2)9-10-34)16-8-7-15(26)11-17(16)18-5-4-6-21(29-18)36-3;1-11-20-17(28-22(24)25-11)9-16(27-21(20)29-33-10-19(30)31)13-7-6-12(23)8-14(13)15-4-3-5-18(26-15)32-2;1-4-2-3-5/h4-8,11,19,34H,9-10,12-13H2,1-3H3,(H,30,32)(H2,27,28,31);3-8,16H,9-10H2,1-2H3,(H,27,29)(H,30,31)(H2,24,25,28);4-5H,2-3H2,1H3/t19-;16-;/m11./s1. The van der Waals surface area contributed by atoms with E-state index in [1.807, 2.05) is 0 Å². The van der Waals surface area contributed by atoms with Crippen molar-refractivity contribution in [2.75, 3.05) is 79.3 Å². The second-order valence-electron chi connectivity index (χ2n) is 16.5. The number of rotatable bonds is 16. The summed E-state index contributed by atoms with van der Waals surface area (Å²) in [5.41, 5.74) is 24.3. The first-order chi connectivity index (χ1) is 36.1. The van der Waals surface area contributed by atoms with Crippen LogP contribution < -0.4 is 37.2 Å². The number of aliphatic imine (C=N–C) groups is 2. The molecule has 8 rings (SSSR count). The molecule has 25 heteroatoms. The zero-order chi connectivity index (χ0) is 54.2. The van der Waals surface area contributed by atoms with Crippen molar-refractivity contribution in [1.82, 2.24) is 51.1 Å². The molecule has 0 radical (unpaired) electrons. The van der Waals surface area contributed by atoms with E-state index < -0.39 is 36.3 Å². The van der Waals surface area contributed by atoms with Gasteiger partial charge in [0.05, 0.1) is 84.8 Å². The lowest BCUT2D eigenvalue weighted by molar-refractivity contribution is -0.143. The van der Waals surface area contributed by atoms with E-state index in [1.165, 1.54) is 43.4 Å². The number of aliphatic hydroxyl groups excluding tert-OH is 2. The summed E-state index contributed by atoms with van der Waals surface area (Å²) < 4.78 is 39.0. The lowest BCUT2D eigenvalue weighted by atomic mass is 9.91. The SMILES string of the molecule is CNCCO.COc1cccc(-c2cc(F)ccc2[C@H]2Cc3nc(N)nc(C)c3C(NOCC(=O)N(C)CCO)=N2)n1.COc1cccc(-c2cc(F)ccc2[C@H]2Cc3nc(N)nc(C)c3C(NOCC(=O)O)=N2)n1. The highest BCUT2D eigenvalue weighted by Crippen LogP contribution is 2.38. The van der Waals surface area contributed by atoms with Crippen LogP contribution in [0.25, 0.3) is 22.5 Å². The summed E-state index contributed by atoms with van der Waals surface area (Å²) >= 11 is 0. The summed E-state index contributed by atoms with van der Waals surface area (Å²) in [6, 6.07) is 18.2. The minimum atomic E-state index is -1.15. The van der Waals surface area contributed by atoms with Crippen molar-refractivity contribution < 1.29 is 52.8 Å². The van der Waals surface area contributed by atoms with Gasteiger partial charge in [-0.25, -0.2) is 54.4 Å². The number of hydroxylamine groups is 2. The van der Waals surface area contributed by atoms with Gasteiger partial charge in [0.15, 0.2) is 24.9 Å². The molecule has 4 aromatic heterocycles. The Balaban J connectivity index is 0.000000225. The highest BCUT2D eigenvalue weighted by Gasteiger charge is 2.31. The number of nitrogens with two attached hydrogens (primary N) is 2. The normalized spacial score (nSPS) is 14.3. The van der Waals surface area contributed by atoms with Gasteiger partial charge < -0.3 is 46.5 Å². The molecule has 2 atom stereocenters. The second kappa shape index (κ2) is 26.5. The van der Waals surface area contributed by atoms with Crippen molar-refractivity contribution in [1.29, 1.82) is 0 Å². The third-order valence-electron chi connectivity index (χ3n) is 11.3. The number of methoxy groups -OCH3 is 2. The number of anilines is 2. The van der Waals surface area contributed by atoms with Crippen LogP contribution in [0, 0.1) is 25.5 Å². The van der Waals surface area contributed by atoms with Gasteiger partial charge in [0.25, 0.3) is 5.91 Å². The van der Waals surface area contributed by atoms with Gasteiger partial charge in [0, 0.05) is 56.2 Å². The number of amides is 1. The number of likely N-dealkylation sites (N-methyl/N-ethyl adjacent to an activating group) is 2. The fraction of sp³-hybridized carbons (Fsp3) is 0.320. The summed E-state index contributed by atoms with van der Waals surface area (Å²) in [5, 5.41) is 28.7. The van der Waals surface area contributed by atoms with E-state index in [1.54, 1.807) is 76.5 Å². The lowest BCUT2D eigenvalue weighted by Gasteiger charge is -2.26. The van der Waals surface area contributed by atoms with E-state index in [0.717, 1.165) is 0 Å². The zero-order valence-electron chi connectivity index (χ0n) is 42.0. The largest absolute Gasteiger partial charge is 0.481 e. The van der Waals surface area contributed by atoms with Crippen molar-refractivity contribution >= 4 is 35.4 Å². The quantitative estimate of drug-likeness (QED) is 0.0646. The third kappa shape index (κ3) is 14.7. The predicted octanol–water partition coefficient (Wildman–Crippen LogP) is 3.02. The fourth-order valence-electron chi connectivity index (χ4n) is 7.90. The van der Waals surface area contributed by atoms with Gasteiger partial charge in [-0.15, -0.1) is 0 Å². The maximum absolute atomic E-state index is 14.4. The molecule has 2 aliphatic rings. The van der Waals surface area contributed by atoms with Crippen LogP contribution in [-0.2, 0) is 32.1 Å². The number of amidine groups is 2. The summed E-state index contributed by atoms with van der Waals surface area (Å²) in [4.78, 5) is 70.6. The molecule has 2 aromatic carbocycles. The van der Waals surface area contributed by atoms with E-state index in [9.17, 15) is 18.4 Å². The van der Waals surface area contributed by atoms with E-state index >= 15 is 0 Å². The summed E-state index contributed by atoms with van der Waals surface area (Å²) in [6.45, 7) is 3.61. The number of aryl methyl sites for hydroxylation is 2. The molecule has 0 spiro atoms. The molecule has 6 heterocycles. The first-order valence-electron chi connectivity index (χ1n) is 23.2. The van der Waals surface area contributed by atoms with E-state index in [-0.39, 0.29) is 50.0 Å². The Morgan fingerprint density at radius 1 is 0.693 bits per heavy atom. The fourth-order valence-corrected chi connectivity index (χ4v) is 7.90. The number of nitrogens with zero attached hydrogens (tertiary/aromatic N) is 9. The topological polar surface area (TPSA) is 325 Å². The van der Waals surface area contributed by atoms with Crippen LogP contribution in [0.2, 0.25) is 0 Å². The number of hydrogen-bond acceptors (Lipinski definition) is 21. The molecule has 0 saturated heterocycles. The number of aliphatic hydroxyl groups is 2. The molecule has 75 heavy (non-hydrogen) atoms. The third-order valence-corrected chi connectivity index (χ3v) is 11.3. The second-order valence-corrected chi connectivity index (χ2v) is 16.5. The van der Waals surface area contributed by atoms with Crippen LogP contribution >= 0.6 is 0 Å². The number of carbonyl (C=O) groups excluding carboxylic acids is 1. The monoisotopic (exact) mass is 1040 g/mol. The minimum Gasteiger partial charge on any atom is -0.481 e. The highest BCUT2D eigenvalue weighted by atomic mass is 19.1. The molecule has 0 bridgehead atoms. The Bertz CT molecular complexity index is 3040. The number of carboxylic acid groups (broad SMARTS) is 1. The Morgan fingerprint density at radius 3 is 1.56 bits per heavy atom. The smallest absolute Gasteiger partial charge is 0.332 e. The number of ether oxygens (including phenoxy) is 2. The van der Waals surface area contributed by atoms with Crippen molar-refractivity contribution in [3.05, 3.63) is 129 Å². The van der Waals surface area contributed by atoms with Crippen molar-refractivity contribution in [2.45, 2.75) is 38.8 Å². The van der Waals surface area contributed by atoms with Crippen LogP contribution in [-0.4, -0.2) is 142 Å². The molecular weight excluding hydrogens is 979 g/mol. The van der Waals surface area contributed by atoms with Crippen LogP contribution in [0.4, 0.5) is 20.7 Å². The van der Waals surface area contributed by atoms with Gasteiger partial charge >= 0.3 is 5.97 Å². The number of aromatic nitrogens is 6. The molecule has 396 valence electrons. The number of halogens is 2. The average Bonchev–Trinajstić information content (AvgIpc) is 3.38. The number of carbonyl (C=O) groups is 2. The number of nitrogens with one attached hydrogen (secondary N) is 3. The van der Waals surface area contributed by atoms with Crippen LogP contribution in [0.5, 0.6) is 11.8 Å². The molecule has 0 fully saturated rings. The molecule has 0 aliphatic carbocycles. The summed E-state index contributed by atoms with van der Waals surface area (Å²) in [6.07, 6.45) is 0.727. The minimum absolute atomic E-state index is 0.103. The summed E-state index contributed by atoms with van der Waals surface area (Å²) in [5.74, 6) is -0.742. The van der Waals surface area contributed by atoms with Crippen molar-refractivity contribution in [3.8, 4) is 34.3 Å². The van der Waals surface area contributed by atoms with Gasteiger partial charge in [-0.2, -0.15) is 0 Å². The average molecular weight is 1040 g/mol. The first kappa shape index (κ1) is 55.9. The predicted molar refractivity (Wildman–Crippen MR) is 272 cm³/mol. The Labute approximate surface area is 430 Å². The van der Waals surface area contributed by atoms with E-state index in [2.05, 4.69) is 46.2 Å². The maximum Gasteiger partial charge on any atom is 0.332 e. The van der Waals surface area contributed by atoms with Gasteiger partial charge in [0.2, 0.25) is 23.7 Å². The highest BCUT2D eigenvalue weighted by molar-refractivity contribution is 6.02. The number of aliphatic carboxylic acids is 1. The first-order valence-corrected chi connectivity index (χ1v) is 23.2. The zero-order valence-corrected chi connectivity index (χ0v) is 42.0. The molecular formula is C50H58F2N14O9. The van der Waals surface area contributed by atoms with Crippen LogP contribution in [0.1, 0.15) is 57.1 Å². The number of pyridine rings is 2. The van der Waals surface area contributed by atoms with Crippen molar-refractivity contribution in [3.63, 3.8) is 0 Å². The molecule has 23 nitrogen and oxygen atoms in total. The summed E-state index contributed by atoms with van der Waals surface area (Å²) in [7, 11) is 6.38. The number of nitrogen functional groups attached to an aromatic ring is 2.